The molecule has 0 bridgehead atoms. The highest BCUT2D eigenvalue weighted by Gasteiger charge is 2.20. The second-order valence-corrected chi connectivity index (χ2v) is 5.23. The van der Waals surface area contributed by atoms with Gasteiger partial charge in [-0.15, -0.1) is 17.0 Å². The van der Waals surface area contributed by atoms with Crippen LogP contribution in [-0.2, 0) is 12.8 Å². The summed E-state index contributed by atoms with van der Waals surface area (Å²) in [5.74, 6) is 1.28. The lowest BCUT2D eigenvalue weighted by Crippen LogP contribution is -2.27. The summed E-state index contributed by atoms with van der Waals surface area (Å²) in [5.41, 5.74) is 3.46. The molecule has 0 amide bonds. The van der Waals surface area contributed by atoms with Crippen molar-refractivity contribution in [3.63, 3.8) is 0 Å². The van der Waals surface area contributed by atoms with Crippen LogP contribution < -0.4 is 10.1 Å². The van der Waals surface area contributed by atoms with Gasteiger partial charge in [0.05, 0.1) is 7.11 Å². The Morgan fingerprint density at radius 1 is 1.14 bits per heavy atom. The van der Waals surface area contributed by atoms with Gasteiger partial charge >= 0.3 is 0 Å². The van der Waals surface area contributed by atoms with Gasteiger partial charge in [0.2, 0.25) is 0 Å². The SMILES string of the molecule is Br.COc1ccc(NC2CCc3cccc(O)c3C2)cc1. The maximum Gasteiger partial charge on any atom is 0.119 e. The van der Waals surface area contributed by atoms with Crippen LogP contribution in [0.2, 0.25) is 0 Å². The van der Waals surface area contributed by atoms with Crippen LogP contribution in [0, 0.1) is 0 Å². The fourth-order valence-electron chi connectivity index (χ4n) is 2.82. The molecule has 1 unspecified atom stereocenters. The first-order valence-corrected chi connectivity index (χ1v) is 6.96. The van der Waals surface area contributed by atoms with E-state index in [1.54, 1.807) is 13.2 Å². The number of ether oxygens (including phenoxy) is 1. The fraction of sp³-hybridized carbons (Fsp3) is 0.294. The molecule has 0 radical (unpaired) electrons. The molecule has 0 saturated carbocycles. The number of nitrogens with one attached hydrogen (secondary N) is 1. The fourth-order valence-corrected chi connectivity index (χ4v) is 2.82. The number of aryl methyl sites for hydroxylation is 1. The summed E-state index contributed by atoms with van der Waals surface area (Å²) in [7, 11) is 1.67. The maximum atomic E-state index is 9.96. The van der Waals surface area contributed by atoms with E-state index < -0.39 is 0 Å². The highest BCUT2D eigenvalue weighted by Crippen LogP contribution is 2.30. The molecular weight excluding hydrogens is 330 g/mol. The van der Waals surface area contributed by atoms with Crippen LogP contribution in [-0.4, -0.2) is 18.3 Å². The molecule has 1 aliphatic rings. The first-order chi connectivity index (χ1) is 9.76. The van der Waals surface area contributed by atoms with Gasteiger partial charge in [0, 0.05) is 11.7 Å². The van der Waals surface area contributed by atoms with E-state index in [1.807, 2.05) is 30.3 Å². The van der Waals surface area contributed by atoms with Crippen LogP contribution in [0.1, 0.15) is 17.5 Å². The van der Waals surface area contributed by atoms with Gasteiger partial charge in [0.25, 0.3) is 0 Å². The summed E-state index contributed by atoms with van der Waals surface area (Å²) in [5, 5.41) is 13.5. The smallest absolute Gasteiger partial charge is 0.119 e. The normalized spacial score (nSPS) is 16.5. The van der Waals surface area contributed by atoms with E-state index in [1.165, 1.54) is 5.56 Å². The van der Waals surface area contributed by atoms with Crippen molar-refractivity contribution in [2.45, 2.75) is 25.3 Å². The second-order valence-electron chi connectivity index (χ2n) is 5.23. The zero-order chi connectivity index (χ0) is 13.9. The summed E-state index contributed by atoms with van der Waals surface area (Å²) >= 11 is 0. The lowest BCUT2D eigenvalue weighted by atomic mass is 9.87. The average molecular weight is 350 g/mol. The van der Waals surface area contributed by atoms with Crippen molar-refractivity contribution in [3.8, 4) is 11.5 Å². The Morgan fingerprint density at radius 2 is 1.90 bits per heavy atom. The molecule has 2 aromatic carbocycles. The standard InChI is InChI=1S/C17H19NO2.BrH/c1-20-15-9-7-13(8-10-15)18-14-6-5-12-3-2-4-17(19)16(12)11-14;/h2-4,7-10,14,18-19H,5-6,11H2,1H3;1H. The Labute approximate surface area is 135 Å². The second kappa shape index (κ2) is 6.85. The molecule has 2 aromatic rings. The lowest BCUT2D eigenvalue weighted by Gasteiger charge is -2.27. The predicted molar refractivity (Wildman–Crippen MR) is 90.9 cm³/mol. The van der Waals surface area contributed by atoms with Gasteiger partial charge in [0.15, 0.2) is 0 Å². The largest absolute Gasteiger partial charge is 0.508 e. The minimum absolute atomic E-state index is 0. The van der Waals surface area contributed by atoms with Crippen LogP contribution in [0.25, 0.3) is 0 Å². The van der Waals surface area contributed by atoms with E-state index in [2.05, 4.69) is 11.4 Å². The van der Waals surface area contributed by atoms with Crippen molar-refractivity contribution in [3.05, 3.63) is 53.6 Å². The van der Waals surface area contributed by atoms with Crippen molar-refractivity contribution in [2.24, 2.45) is 0 Å². The lowest BCUT2D eigenvalue weighted by molar-refractivity contribution is 0.415. The van der Waals surface area contributed by atoms with Crippen molar-refractivity contribution >= 4 is 22.7 Å². The van der Waals surface area contributed by atoms with Crippen molar-refractivity contribution < 1.29 is 9.84 Å². The summed E-state index contributed by atoms with van der Waals surface area (Å²) in [6.07, 6.45) is 2.97. The summed E-state index contributed by atoms with van der Waals surface area (Å²) in [6.45, 7) is 0. The Hall–Kier alpha value is -1.68. The van der Waals surface area contributed by atoms with Crippen LogP contribution in [0.5, 0.6) is 11.5 Å². The Morgan fingerprint density at radius 3 is 2.62 bits per heavy atom. The number of aromatic hydroxyl groups is 1. The van der Waals surface area contributed by atoms with Gasteiger partial charge in [-0.05, 0) is 60.7 Å². The van der Waals surface area contributed by atoms with Crippen LogP contribution in [0.15, 0.2) is 42.5 Å². The number of rotatable bonds is 3. The molecule has 21 heavy (non-hydrogen) atoms. The number of hydrogen-bond donors (Lipinski definition) is 2. The molecule has 0 spiro atoms. The Balaban J connectivity index is 0.00000161. The first kappa shape index (κ1) is 15.7. The molecule has 2 N–H and O–H groups in total. The number of fused-ring (bicyclic) bond motifs is 1. The Bertz CT molecular complexity index is 598. The van der Waals surface area contributed by atoms with Crippen LogP contribution >= 0.6 is 17.0 Å². The number of halogens is 1. The van der Waals surface area contributed by atoms with Gasteiger partial charge < -0.3 is 15.2 Å². The molecule has 4 heteroatoms. The van der Waals surface area contributed by atoms with Gasteiger partial charge in [-0.25, -0.2) is 0 Å². The third kappa shape index (κ3) is 3.50. The van der Waals surface area contributed by atoms with Gasteiger partial charge in [0.1, 0.15) is 11.5 Å². The predicted octanol–water partition coefficient (Wildman–Crippen LogP) is 3.95. The number of phenols is 1. The van der Waals surface area contributed by atoms with Gasteiger partial charge in [-0.3, -0.25) is 0 Å². The topological polar surface area (TPSA) is 41.5 Å². The first-order valence-electron chi connectivity index (χ1n) is 6.96. The maximum absolute atomic E-state index is 9.96. The molecule has 3 rings (SSSR count). The zero-order valence-electron chi connectivity index (χ0n) is 12.0. The van der Waals surface area contributed by atoms with Crippen LogP contribution in [0.4, 0.5) is 5.69 Å². The molecule has 0 saturated heterocycles. The number of anilines is 1. The highest BCUT2D eigenvalue weighted by atomic mass is 79.9. The van der Waals surface area contributed by atoms with E-state index >= 15 is 0 Å². The zero-order valence-corrected chi connectivity index (χ0v) is 13.7. The van der Waals surface area contributed by atoms with E-state index in [-0.39, 0.29) is 17.0 Å². The number of phenolic OH excluding ortho intramolecular Hbond substituents is 1. The van der Waals surface area contributed by atoms with Crippen molar-refractivity contribution in [1.29, 1.82) is 0 Å². The molecule has 0 heterocycles. The summed E-state index contributed by atoms with van der Waals surface area (Å²) in [4.78, 5) is 0. The highest BCUT2D eigenvalue weighted by molar-refractivity contribution is 8.93. The third-order valence-electron chi connectivity index (χ3n) is 3.92. The minimum atomic E-state index is 0. The minimum Gasteiger partial charge on any atom is -0.508 e. The summed E-state index contributed by atoms with van der Waals surface area (Å²) < 4.78 is 5.16. The number of benzene rings is 2. The molecule has 1 atom stereocenters. The number of hydrogen-bond acceptors (Lipinski definition) is 3. The number of methoxy groups -OCH3 is 1. The average Bonchev–Trinajstić information content (AvgIpc) is 2.49. The van der Waals surface area contributed by atoms with E-state index in [4.69, 9.17) is 4.74 Å². The van der Waals surface area contributed by atoms with Crippen molar-refractivity contribution in [1.82, 2.24) is 0 Å². The van der Waals surface area contributed by atoms with E-state index in [0.717, 1.165) is 36.3 Å². The molecule has 3 nitrogen and oxygen atoms in total. The van der Waals surface area contributed by atoms with Crippen molar-refractivity contribution in [2.75, 3.05) is 12.4 Å². The van der Waals surface area contributed by atoms with Gasteiger partial charge in [-0.1, -0.05) is 12.1 Å². The monoisotopic (exact) mass is 349 g/mol. The van der Waals surface area contributed by atoms with Gasteiger partial charge in [-0.2, -0.15) is 0 Å². The molecule has 112 valence electrons. The van der Waals surface area contributed by atoms with E-state index in [0.29, 0.717) is 11.8 Å². The third-order valence-corrected chi connectivity index (χ3v) is 3.92. The Kier molecular flexibility index (Phi) is 5.12. The molecular formula is C17H20BrNO2. The van der Waals surface area contributed by atoms with Crippen LogP contribution in [0.3, 0.4) is 0 Å². The molecule has 0 aromatic heterocycles. The molecule has 0 fully saturated rings. The van der Waals surface area contributed by atoms with E-state index in [9.17, 15) is 5.11 Å². The molecule has 1 aliphatic carbocycles. The molecule has 0 aliphatic heterocycles. The summed E-state index contributed by atoms with van der Waals surface area (Å²) in [6, 6.07) is 14.1. The quantitative estimate of drug-likeness (QED) is 0.881.